The summed E-state index contributed by atoms with van der Waals surface area (Å²) in [6.45, 7) is 7.42. The van der Waals surface area contributed by atoms with Gasteiger partial charge >= 0.3 is 11.9 Å². The van der Waals surface area contributed by atoms with E-state index in [1.54, 1.807) is 0 Å². The van der Waals surface area contributed by atoms with E-state index in [2.05, 4.69) is 20.8 Å². The highest BCUT2D eigenvalue weighted by Gasteiger charge is 2.17. The molecule has 0 aromatic rings. The van der Waals surface area contributed by atoms with Crippen molar-refractivity contribution in [2.45, 2.75) is 117 Å². The van der Waals surface area contributed by atoms with E-state index in [9.17, 15) is 9.59 Å². The van der Waals surface area contributed by atoms with Gasteiger partial charge in [-0.3, -0.25) is 9.59 Å². The van der Waals surface area contributed by atoms with E-state index in [0.717, 1.165) is 57.8 Å². The molecule has 160 valence electrons. The van der Waals surface area contributed by atoms with Gasteiger partial charge in [0.2, 0.25) is 0 Å². The van der Waals surface area contributed by atoms with Crippen LogP contribution in [-0.2, 0) is 19.1 Å². The van der Waals surface area contributed by atoms with Crippen molar-refractivity contribution >= 4 is 11.9 Å². The van der Waals surface area contributed by atoms with Crippen molar-refractivity contribution < 1.29 is 19.1 Å². The Hall–Kier alpha value is -1.06. The van der Waals surface area contributed by atoms with E-state index in [1.165, 1.54) is 32.1 Å². The van der Waals surface area contributed by atoms with Gasteiger partial charge < -0.3 is 9.47 Å². The third-order valence-corrected chi connectivity index (χ3v) is 5.01. The molecule has 27 heavy (non-hydrogen) atoms. The van der Waals surface area contributed by atoms with Gasteiger partial charge in [-0.2, -0.15) is 0 Å². The van der Waals surface area contributed by atoms with Crippen LogP contribution in [0.15, 0.2) is 0 Å². The molecule has 0 radical (unpaired) electrons. The van der Waals surface area contributed by atoms with Gasteiger partial charge in [-0.15, -0.1) is 0 Å². The van der Waals surface area contributed by atoms with Crippen LogP contribution < -0.4 is 0 Å². The number of hydrogen-bond donors (Lipinski definition) is 0. The Kier molecular flexibility index (Phi) is 18.9. The number of rotatable bonds is 19. The molecule has 4 nitrogen and oxygen atoms in total. The SMILES string of the molecule is CCCCOC(=O)CCCCCCCCCCC(CC)C(=O)OCCCC. The van der Waals surface area contributed by atoms with Gasteiger partial charge in [0.15, 0.2) is 0 Å². The molecule has 4 heteroatoms. The second-order valence-corrected chi connectivity index (χ2v) is 7.57. The van der Waals surface area contributed by atoms with Crippen LogP contribution in [0.3, 0.4) is 0 Å². The first kappa shape index (κ1) is 25.9. The number of carbonyl (C=O) groups is 2. The predicted octanol–water partition coefficient (Wildman–Crippen LogP) is 6.60. The van der Waals surface area contributed by atoms with Gasteiger partial charge in [0.05, 0.1) is 19.1 Å². The fraction of sp³-hybridized carbons (Fsp3) is 0.913. The highest BCUT2D eigenvalue weighted by Crippen LogP contribution is 2.17. The fourth-order valence-corrected chi connectivity index (χ4v) is 3.05. The molecule has 0 saturated carbocycles. The van der Waals surface area contributed by atoms with Crippen LogP contribution in [-0.4, -0.2) is 25.2 Å². The zero-order chi connectivity index (χ0) is 20.2. The monoisotopic (exact) mass is 384 g/mol. The van der Waals surface area contributed by atoms with Crippen LogP contribution in [0.2, 0.25) is 0 Å². The van der Waals surface area contributed by atoms with Gasteiger partial charge in [-0.25, -0.2) is 0 Å². The molecular weight excluding hydrogens is 340 g/mol. The molecule has 0 aliphatic carbocycles. The van der Waals surface area contributed by atoms with Crippen LogP contribution >= 0.6 is 0 Å². The van der Waals surface area contributed by atoms with Gasteiger partial charge in [0.1, 0.15) is 0 Å². The lowest BCUT2D eigenvalue weighted by Crippen LogP contribution is -2.17. The van der Waals surface area contributed by atoms with E-state index in [-0.39, 0.29) is 17.9 Å². The summed E-state index contributed by atoms with van der Waals surface area (Å²) < 4.78 is 10.5. The lowest BCUT2D eigenvalue weighted by atomic mass is 9.98. The number of unbranched alkanes of at least 4 members (excludes halogenated alkanes) is 9. The molecule has 0 saturated heterocycles. The Morgan fingerprint density at radius 3 is 1.74 bits per heavy atom. The molecule has 0 N–H and O–H groups in total. The van der Waals surface area contributed by atoms with Crippen LogP contribution in [0.4, 0.5) is 0 Å². The van der Waals surface area contributed by atoms with Gasteiger partial charge in [0.25, 0.3) is 0 Å². The molecule has 0 aromatic carbocycles. The summed E-state index contributed by atoms with van der Waals surface area (Å²) in [4.78, 5) is 23.5. The van der Waals surface area contributed by atoms with Crippen LogP contribution in [0, 0.1) is 5.92 Å². The molecule has 0 amide bonds. The highest BCUT2D eigenvalue weighted by molar-refractivity contribution is 5.72. The predicted molar refractivity (Wildman–Crippen MR) is 112 cm³/mol. The smallest absolute Gasteiger partial charge is 0.308 e. The summed E-state index contributed by atoms with van der Waals surface area (Å²) in [7, 11) is 0. The summed E-state index contributed by atoms with van der Waals surface area (Å²) >= 11 is 0. The van der Waals surface area contributed by atoms with Crippen molar-refractivity contribution in [3.05, 3.63) is 0 Å². The molecule has 0 aliphatic heterocycles. The topological polar surface area (TPSA) is 52.6 Å². The van der Waals surface area contributed by atoms with Gasteiger partial charge in [-0.05, 0) is 32.1 Å². The quantitative estimate of drug-likeness (QED) is 0.186. The van der Waals surface area contributed by atoms with E-state index in [1.807, 2.05) is 0 Å². The Morgan fingerprint density at radius 2 is 1.19 bits per heavy atom. The molecule has 0 heterocycles. The maximum atomic E-state index is 12.0. The van der Waals surface area contributed by atoms with Crippen LogP contribution in [0.1, 0.15) is 117 Å². The summed E-state index contributed by atoms with van der Waals surface area (Å²) in [5.74, 6) is 0.0419. The maximum absolute atomic E-state index is 12.0. The minimum absolute atomic E-state index is 0.000768. The highest BCUT2D eigenvalue weighted by atomic mass is 16.5. The summed E-state index contributed by atoms with van der Waals surface area (Å²) in [5.41, 5.74) is 0. The molecule has 0 aliphatic rings. The minimum atomic E-state index is -0.0397. The number of esters is 2. The standard InChI is InChI=1S/C23H44O4/c1-4-7-19-26-22(24)18-16-14-12-10-9-11-13-15-17-21(6-3)23(25)27-20-8-5-2/h21H,4-20H2,1-3H3. The largest absolute Gasteiger partial charge is 0.466 e. The maximum Gasteiger partial charge on any atom is 0.308 e. The zero-order valence-electron chi connectivity index (χ0n) is 18.2. The first-order chi connectivity index (χ1) is 13.2. The summed E-state index contributed by atoms with van der Waals surface area (Å²) in [5, 5.41) is 0. The second-order valence-electron chi connectivity index (χ2n) is 7.57. The average molecular weight is 385 g/mol. The van der Waals surface area contributed by atoms with Crippen molar-refractivity contribution in [2.24, 2.45) is 5.92 Å². The first-order valence-electron chi connectivity index (χ1n) is 11.5. The van der Waals surface area contributed by atoms with Crippen molar-refractivity contribution in [1.82, 2.24) is 0 Å². The van der Waals surface area contributed by atoms with Crippen molar-refractivity contribution in [2.75, 3.05) is 13.2 Å². The average Bonchev–Trinajstić information content (AvgIpc) is 2.66. The third-order valence-electron chi connectivity index (χ3n) is 5.01. The minimum Gasteiger partial charge on any atom is -0.466 e. The number of ether oxygens (including phenoxy) is 2. The van der Waals surface area contributed by atoms with Crippen molar-refractivity contribution in [1.29, 1.82) is 0 Å². The Morgan fingerprint density at radius 1 is 0.667 bits per heavy atom. The van der Waals surface area contributed by atoms with Crippen LogP contribution in [0.5, 0.6) is 0 Å². The van der Waals surface area contributed by atoms with E-state index in [0.29, 0.717) is 19.6 Å². The Labute approximate surface area is 167 Å². The zero-order valence-corrected chi connectivity index (χ0v) is 18.2. The molecule has 1 unspecified atom stereocenters. The normalized spacial score (nSPS) is 12.0. The number of hydrogen-bond acceptors (Lipinski definition) is 4. The molecule has 1 atom stereocenters. The molecule has 0 bridgehead atoms. The molecular formula is C23H44O4. The van der Waals surface area contributed by atoms with E-state index < -0.39 is 0 Å². The lowest BCUT2D eigenvalue weighted by molar-refractivity contribution is -0.149. The van der Waals surface area contributed by atoms with E-state index in [4.69, 9.17) is 9.47 Å². The molecule has 0 spiro atoms. The Bertz CT molecular complexity index is 354. The van der Waals surface area contributed by atoms with Crippen LogP contribution in [0.25, 0.3) is 0 Å². The van der Waals surface area contributed by atoms with Crippen molar-refractivity contribution in [3.63, 3.8) is 0 Å². The Balaban J connectivity index is 3.45. The molecule has 0 fully saturated rings. The van der Waals surface area contributed by atoms with Gasteiger partial charge in [-0.1, -0.05) is 78.6 Å². The number of carbonyl (C=O) groups excluding carboxylic acids is 2. The third kappa shape index (κ3) is 16.8. The lowest BCUT2D eigenvalue weighted by Gasteiger charge is -2.13. The molecule has 0 aromatic heterocycles. The van der Waals surface area contributed by atoms with Gasteiger partial charge in [0, 0.05) is 6.42 Å². The molecule has 0 rings (SSSR count). The van der Waals surface area contributed by atoms with E-state index >= 15 is 0 Å². The van der Waals surface area contributed by atoms with Crippen molar-refractivity contribution in [3.8, 4) is 0 Å². The first-order valence-corrected chi connectivity index (χ1v) is 11.5. The summed E-state index contributed by atoms with van der Waals surface area (Å²) in [6, 6.07) is 0. The second kappa shape index (κ2) is 19.7. The summed E-state index contributed by atoms with van der Waals surface area (Å²) in [6.07, 6.45) is 15.8. The fourth-order valence-electron chi connectivity index (χ4n) is 3.05.